The second-order valence-corrected chi connectivity index (χ2v) is 7.67. The minimum atomic E-state index is -4.54. The van der Waals surface area contributed by atoms with Crippen LogP contribution in [0.4, 0.5) is 18.9 Å². The van der Waals surface area contributed by atoms with Gasteiger partial charge < -0.3 is 9.80 Å². The van der Waals surface area contributed by atoms with Gasteiger partial charge in [-0.1, -0.05) is 23.7 Å². The Morgan fingerprint density at radius 2 is 1.80 bits per heavy atom. The fraction of sp³-hybridized carbons (Fsp3) is 0.350. The molecule has 1 N–H and O–H groups in total. The lowest BCUT2D eigenvalue weighted by Crippen LogP contribution is -2.50. The molecular formula is C20H19ClF3N5O. The van der Waals surface area contributed by atoms with Gasteiger partial charge in [0.15, 0.2) is 5.65 Å². The first kappa shape index (κ1) is 20.5. The van der Waals surface area contributed by atoms with Gasteiger partial charge in [-0.15, -0.1) is 0 Å². The molecule has 0 saturated carbocycles. The van der Waals surface area contributed by atoms with Crippen molar-refractivity contribution in [2.45, 2.75) is 19.0 Å². The van der Waals surface area contributed by atoms with Crippen LogP contribution in [0.25, 0.3) is 11.0 Å². The zero-order valence-electron chi connectivity index (χ0n) is 16.1. The molecule has 6 nitrogen and oxygen atoms in total. The Hall–Kier alpha value is -2.81. The second-order valence-electron chi connectivity index (χ2n) is 7.24. The summed E-state index contributed by atoms with van der Waals surface area (Å²) in [5.74, 6) is -0.419. The quantitative estimate of drug-likeness (QED) is 0.670. The van der Waals surface area contributed by atoms with Gasteiger partial charge in [-0.05, 0) is 24.6 Å². The van der Waals surface area contributed by atoms with Crippen molar-refractivity contribution in [1.82, 2.24) is 20.1 Å². The first-order chi connectivity index (χ1) is 14.3. The summed E-state index contributed by atoms with van der Waals surface area (Å²) in [5, 5.41) is 7.35. The zero-order chi connectivity index (χ0) is 21.5. The van der Waals surface area contributed by atoms with Crippen molar-refractivity contribution in [3.05, 3.63) is 52.8 Å². The lowest BCUT2D eigenvalue weighted by atomic mass is 9.99. The van der Waals surface area contributed by atoms with Gasteiger partial charge in [-0.25, -0.2) is 4.98 Å². The number of hydrogen-bond donors (Lipinski definition) is 1. The highest BCUT2D eigenvalue weighted by molar-refractivity contribution is 6.30. The molecule has 0 unspecified atom stereocenters. The van der Waals surface area contributed by atoms with Gasteiger partial charge in [-0.3, -0.25) is 9.89 Å². The molecule has 1 saturated heterocycles. The number of rotatable bonds is 3. The Balaban J connectivity index is 1.53. The predicted molar refractivity (Wildman–Crippen MR) is 108 cm³/mol. The van der Waals surface area contributed by atoms with Crippen LogP contribution in [-0.2, 0) is 11.0 Å². The Bertz CT molecular complexity index is 1060. The van der Waals surface area contributed by atoms with E-state index in [1.54, 1.807) is 21.9 Å². The van der Waals surface area contributed by atoms with E-state index in [1.165, 1.54) is 6.20 Å². The highest BCUT2D eigenvalue weighted by atomic mass is 35.5. The maximum atomic E-state index is 13.6. The first-order valence-electron chi connectivity index (χ1n) is 9.44. The SMILES string of the molecule is C[C@H](C(=O)N1CCN(c2c(C(F)(F)F)cnc3[nH]ncc23)CC1)c1ccc(Cl)cc1. The number of nitrogens with zero attached hydrogens (tertiary/aromatic N) is 4. The molecule has 10 heteroatoms. The molecule has 0 radical (unpaired) electrons. The molecule has 3 heterocycles. The van der Waals surface area contributed by atoms with Gasteiger partial charge in [0.2, 0.25) is 5.91 Å². The number of nitrogens with one attached hydrogen (secondary N) is 1. The molecule has 1 aliphatic heterocycles. The number of fused-ring (bicyclic) bond motifs is 1. The van der Waals surface area contributed by atoms with Crippen molar-refractivity contribution < 1.29 is 18.0 Å². The van der Waals surface area contributed by atoms with Crippen LogP contribution in [0.5, 0.6) is 0 Å². The number of benzene rings is 1. The Morgan fingerprint density at radius 3 is 2.43 bits per heavy atom. The molecule has 1 aliphatic rings. The lowest BCUT2D eigenvalue weighted by Gasteiger charge is -2.38. The van der Waals surface area contributed by atoms with Crippen molar-refractivity contribution >= 4 is 34.2 Å². The number of piperazine rings is 1. The molecule has 0 spiro atoms. The number of H-pyrrole nitrogens is 1. The third kappa shape index (κ3) is 3.81. The third-order valence-corrected chi connectivity index (χ3v) is 5.66. The molecule has 30 heavy (non-hydrogen) atoms. The Labute approximate surface area is 175 Å². The summed E-state index contributed by atoms with van der Waals surface area (Å²) in [6.07, 6.45) is -2.35. The number of pyridine rings is 1. The number of carbonyl (C=O) groups excluding carboxylic acids is 1. The van der Waals surface area contributed by atoms with Crippen LogP contribution in [0, 0.1) is 0 Å². The molecule has 1 atom stereocenters. The summed E-state index contributed by atoms with van der Waals surface area (Å²) in [7, 11) is 0. The number of aromatic amines is 1. The first-order valence-corrected chi connectivity index (χ1v) is 9.82. The summed E-state index contributed by atoms with van der Waals surface area (Å²) >= 11 is 5.90. The number of carbonyl (C=O) groups is 1. The fourth-order valence-electron chi connectivity index (χ4n) is 3.75. The molecule has 1 fully saturated rings. The summed E-state index contributed by atoms with van der Waals surface area (Å²) in [6, 6.07) is 7.08. The minimum absolute atomic E-state index is 0.0547. The molecule has 0 bridgehead atoms. The number of halogens is 4. The fourth-order valence-corrected chi connectivity index (χ4v) is 3.88. The molecule has 3 aromatic rings. The summed E-state index contributed by atoms with van der Waals surface area (Å²) in [4.78, 5) is 20.1. The number of hydrogen-bond acceptors (Lipinski definition) is 4. The molecule has 4 rings (SSSR count). The van der Waals surface area contributed by atoms with E-state index in [2.05, 4.69) is 15.2 Å². The van der Waals surface area contributed by atoms with E-state index in [-0.39, 0.29) is 30.6 Å². The van der Waals surface area contributed by atoms with Crippen molar-refractivity contribution in [2.75, 3.05) is 31.1 Å². The van der Waals surface area contributed by atoms with Crippen molar-refractivity contribution in [3.8, 4) is 0 Å². The van der Waals surface area contributed by atoms with Crippen LogP contribution in [0.3, 0.4) is 0 Å². The second kappa shape index (κ2) is 7.79. The van der Waals surface area contributed by atoms with Crippen molar-refractivity contribution in [2.24, 2.45) is 0 Å². The van der Waals surface area contributed by atoms with E-state index in [4.69, 9.17) is 11.6 Å². The minimum Gasteiger partial charge on any atom is -0.367 e. The molecule has 2 aromatic heterocycles. The van der Waals surface area contributed by atoms with E-state index in [0.717, 1.165) is 11.8 Å². The van der Waals surface area contributed by atoms with Gasteiger partial charge in [-0.2, -0.15) is 18.3 Å². The van der Waals surface area contributed by atoms with E-state index in [0.29, 0.717) is 29.1 Å². The predicted octanol–water partition coefficient (Wildman–Crippen LogP) is 4.08. The van der Waals surface area contributed by atoms with Gasteiger partial charge in [0, 0.05) is 37.4 Å². The van der Waals surface area contributed by atoms with Gasteiger partial charge in [0.05, 0.1) is 28.8 Å². The van der Waals surface area contributed by atoms with Crippen LogP contribution in [0.15, 0.2) is 36.7 Å². The van der Waals surface area contributed by atoms with Gasteiger partial charge in [0.1, 0.15) is 0 Å². The topological polar surface area (TPSA) is 65.1 Å². The standard InChI is InChI=1S/C20H19ClF3N5O/c1-12(13-2-4-14(21)5-3-13)19(30)29-8-6-28(7-9-29)17-15-10-26-27-18(15)25-11-16(17)20(22,23)24/h2-5,10-12H,6-9H2,1H3,(H,25,26,27)/t12-/m0/s1. The van der Waals surface area contributed by atoms with Gasteiger partial charge >= 0.3 is 6.18 Å². The third-order valence-electron chi connectivity index (χ3n) is 5.41. The van der Waals surface area contributed by atoms with Crippen LogP contribution in [0.2, 0.25) is 5.02 Å². The summed E-state index contributed by atoms with van der Waals surface area (Å²) in [5.41, 5.74) is 0.401. The number of aromatic nitrogens is 3. The molecule has 1 amide bonds. The Morgan fingerprint density at radius 1 is 1.13 bits per heavy atom. The van der Waals surface area contributed by atoms with Crippen LogP contribution >= 0.6 is 11.6 Å². The maximum absolute atomic E-state index is 13.6. The summed E-state index contributed by atoms with van der Waals surface area (Å²) in [6.45, 7) is 3.04. The molecule has 158 valence electrons. The largest absolute Gasteiger partial charge is 0.419 e. The van der Waals surface area contributed by atoms with Crippen molar-refractivity contribution in [3.63, 3.8) is 0 Å². The maximum Gasteiger partial charge on any atom is 0.419 e. The van der Waals surface area contributed by atoms with E-state index < -0.39 is 11.7 Å². The number of amides is 1. The summed E-state index contributed by atoms with van der Waals surface area (Å²) < 4.78 is 40.8. The number of alkyl halides is 3. The lowest BCUT2D eigenvalue weighted by molar-refractivity contribution is -0.137. The smallest absolute Gasteiger partial charge is 0.367 e. The van der Waals surface area contributed by atoms with E-state index in [1.807, 2.05) is 19.1 Å². The Kier molecular flexibility index (Phi) is 5.31. The highest BCUT2D eigenvalue weighted by Gasteiger charge is 2.38. The van der Waals surface area contributed by atoms with Crippen molar-refractivity contribution in [1.29, 1.82) is 0 Å². The van der Waals surface area contributed by atoms with E-state index in [9.17, 15) is 18.0 Å². The molecular weight excluding hydrogens is 419 g/mol. The number of anilines is 1. The van der Waals surface area contributed by atoms with Gasteiger partial charge in [0.25, 0.3) is 0 Å². The zero-order valence-corrected chi connectivity index (χ0v) is 16.8. The monoisotopic (exact) mass is 437 g/mol. The van der Waals surface area contributed by atoms with Crippen LogP contribution in [0.1, 0.15) is 24.0 Å². The average Bonchev–Trinajstić information content (AvgIpc) is 3.21. The average molecular weight is 438 g/mol. The van der Waals surface area contributed by atoms with E-state index >= 15 is 0 Å². The normalized spacial score (nSPS) is 16.2. The molecule has 0 aliphatic carbocycles. The highest BCUT2D eigenvalue weighted by Crippen LogP contribution is 2.40. The molecule has 1 aromatic carbocycles. The van der Waals surface area contributed by atoms with Crippen LogP contribution in [-0.4, -0.2) is 52.2 Å². The van der Waals surface area contributed by atoms with Crippen LogP contribution < -0.4 is 4.90 Å².